The number of esters is 2. The second kappa shape index (κ2) is 49.0. The van der Waals surface area contributed by atoms with Crippen LogP contribution in [0, 0.1) is 0 Å². The highest BCUT2D eigenvalue weighted by Gasteiger charge is 2.17. The lowest BCUT2D eigenvalue weighted by Crippen LogP contribution is -2.30. The van der Waals surface area contributed by atoms with Gasteiger partial charge in [0.05, 0.1) is 6.61 Å². The molecule has 5 heteroatoms. The Kier molecular flexibility index (Phi) is 46.9. The summed E-state index contributed by atoms with van der Waals surface area (Å²) in [5.74, 6) is -0.425. The highest BCUT2D eigenvalue weighted by atomic mass is 16.6. The van der Waals surface area contributed by atoms with Gasteiger partial charge < -0.3 is 14.2 Å². The molecule has 0 aliphatic carbocycles. The van der Waals surface area contributed by atoms with Crippen molar-refractivity contribution in [2.75, 3.05) is 19.8 Å². The molecule has 0 rings (SSSR count). The van der Waals surface area contributed by atoms with Crippen LogP contribution in [0.2, 0.25) is 0 Å². The van der Waals surface area contributed by atoms with Crippen LogP contribution in [0.15, 0.2) is 60.8 Å². The lowest BCUT2D eigenvalue weighted by molar-refractivity contribution is -0.163. The maximum absolute atomic E-state index is 12.7. The number of allylic oxidation sites excluding steroid dienone is 10. The summed E-state index contributed by atoms with van der Waals surface area (Å²) in [6.45, 7) is 7.74. The summed E-state index contributed by atoms with van der Waals surface area (Å²) in [6.07, 6.45) is 60.8. The smallest absolute Gasteiger partial charge is 0.306 e. The molecule has 0 spiro atoms. The van der Waals surface area contributed by atoms with Crippen LogP contribution in [-0.4, -0.2) is 37.9 Å². The Balaban J connectivity index is 4.21. The lowest BCUT2D eigenvalue weighted by Gasteiger charge is -2.18. The topological polar surface area (TPSA) is 61.8 Å². The molecule has 1 unspecified atom stereocenters. The summed E-state index contributed by atoms with van der Waals surface area (Å²) in [5.41, 5.74) is 0. The van der Waals surface area contributed by atoms with E-state index in [1.807, 2.05) is 0 Å². The molecule has 0 saturated heterocycles. The molecule has 0 saturated carbocycles. The average molecular weight is 811 g/mol. The van der Waals surface area contributed by atoms with E-state index in [0.717, 1.165) is 83.5 Å². The first kappa shape index (κ1) is 55.6. The summed E-state index contributed by atoms with van der Waals surface area (Å²) < 4.78 is 17.3. The van der Waals surface area contributed by atoms with E-state index in [1.165, 1.54) is 122 Å². The number of unbranched alkanes of at least 4 members (excludes halogenated alkanes) is 24. The summed E-state index contributed by atoms with van der Waals surface area (Å²) in [4.78, 5) is 25.3. The first-order chi connectivity index (χ1) is 28.6. The molecule has 336 valence electrons. The van der Waals surface area contributed by atoms with Crippen LogP contribution in [-0.2, 0) is 23.8 Å². The average Bonchev–Trinajstić information content (AvgIpc) is 3.22. The Hall–Kier alpha value is -2.40. The Morgan fingerprint density at radius 3 is 1.19 bits per heavy atom. The Morgan fingerprint density at radius 2 is 0.724 bits per heavy atom. The quantitative estimate of drug-likeness (QED) is 0.0348. The van der Waals surface area contributed by atoms with Crippen molar-refractivity contribution in [3.05, 3.63) is 60.8 Å². The van der Waals surface area contributed by atoms with Gasteiger partial charge >= 0.3 is 11.9 Å². The lowest BCUT2D eigenvalue weighted by atomic mass is 10.1. The maximum atomic E-state index is 12.7. The van der Waals surface area contributed by atoms with E-state index < -0.39 is 6.10 Å². The fraction of sp³-hybridized carbons (Fsp3) is 0.774. The third kappa shape index (κ3) is 46.3. The van der Waals surface area contributed by atoms with Gasteiger partial charge in [-0.3, -0.25) is 9.59 Å². The molecule has 0 aliphatic rings. The molecule has 5 nitrogen and oxygen atoms in total. The summed E-state index contributed by atoms with van der Waals surface area (Å²) >= 11 is 0. The van der Waals surface area contributed by atoms with Gasteiger partial charge in [0.1, 0.15) is 6.61 Å². The molecule has 0 N–H and O–H groups in total. The second-order valence-electron chi connectivity index (χ2n) is 16.4. The molecule has 0 aliphatic heterocycles. The third-order valence-electron chi connectivity index (χ3n) is 10.5. The van der Waals surface area contributed by atoms with Gasteiger partial charge in [-0.15, -0.1) is 0 Å². The highest BCUT2D eigenvalue weighted by molar-refractivity contribution is 5.70. The molecule has 0 fully saturated rings. The second-order valence-corrected chi connectivity index (χ2v) is 16.4. The van der Waals surface area contributed by atoms with E-state index in [9.17, 15) is 9.59 Å². The van der Waals surface area contributed by atoms with E-state index in [2.05, 4.69) is 81.5 Å². The fourth-order valence-corrected chi connectivity index (χ4v) is 6.78. The maximum Gasteiger partial charge on any atom is 0.306 e. The molecular formula is C53H94O5. The van der Waals surface area contributed by atoms with Crippen LogP contribution in [0.25, 0.3) is 0 Å². The van der Waals surface area contributed by atoms with Crippen LogP contribution in [0.1, 0.15) is 239 Å². The zero-order chi connectivity index (χ0) is 42.1. The van der Waals surface area contributed by atoms with Gasteiger partial charge in [-0.05, 0) is 89.9 Å². The normalized spacial score (nSPS) is 12.7. The Bertz CT molecular complexity index is 1010. The van der Waals surface area contributed by atoms with Crippen molar-refractivity contribution in [2.45, 2.75) is 245 Å². The van der Waals surface area contributed by atoms with Gasteiger partial charge in [-0.2, -0.15) is 0 Å². The molecule has 0 aromatic heterocycles. The summed E-state index contributed by atoms with van der Waals surface area (Å²) in [6, 6.07) is 0. The van der Waals surface area contributed by atoms with Crippen LogP contribution < -0.4 is 0 Å². The van der Waals surface area contributed by atoms with Gasteiger partial charge in [0.25, 0.3) is 0 Å². The monoisotopic (exact) mass is 811 g/mol. The molecule has 0 amide bonds. The number of rotatable bonds is 45. The van der Waals surface area contributed by atoms with Crippen molar-refractivity contribution in [3.63, 3.8) is 0 Å². The van der Waals surface area contributed by atoms with Crippen molar-refractivity contribution in [1.29, 1.82) is 0 Å². The molecular weight excluding hydrogens is 717 g/mol. The van der Waals surface area contributed by atoms with Crippen molar-refractivity contribution >= 4 is 11.9 Å². The van der Waals surface area contributed by atoms with Crippen LogP contribution >= 0.6 is 0 Å². The van der Waals surface area contributed by atoms with E-state index in [1.54, 1.807) is 0 Å². The molecule has 0 aromatic rings. The van der Waals surface area contributed by atoms with Crippen molar-refractivity contribution in [2.24, 2.45) is 0 Å². The first-order valence-corrected chi connectivity index (χ1v) is 24.8. The summed E-state index contributed by atoms with van der Waals surface area (Å²) in [7, 11) is 0. The minimum atomic E-state index is -0.546. The third-order valence-corrected chi connectivity index (χ3v) is 10.5. The predicted molar refractivity (Wildman–Crippen MR) is 251 cm³/mol. The SMILES string of the molecule is CCCCC/C=C\C/C=C\C/C=C\CCCCCCCCC(=O)OCC(COCCCCCCCCCC)OC(=O)CCCCCCC/C=C\C/C=C\CCCCC. The number of carbonyl (C=O) groups excluding carboxylic acids is 2. The minimum Gasteiger partial charge on any atom is -0.462 e. The van der Waals surface area contributed by atoms with Gasteiger partial charge in [0.2, 0.25) is 0 Å². The number of hydrogen-bond acceptors (Lipinski definition) is 5. The molecule has 0 heterocycles. The first-order valence-electron chi connectivity index (χ1n) is 24.8. The standard InChI is InChI=1S/C53H94O5/c1-4-7-10-13-16-19-21-23-25-26-27-28-30-31-33-35-37-40-43-46-52(54)57-50-51(49-56-48-45-42-39-18-15-12-9-6-3)58-53(55)47-44-41-38-36-34-32-29-24-22-20-17-14-11-8-5-2/h16-17,19-20,23-25,27-29,51H,4-15,18,21-22,26,30-50H2,1-3H3/b19-16-,20-17-,25-23-,28-27-,29-24-. The number of carbonyl (C=O) groups is 2. The van der Waals surface area contributed by atoms with Crippen molar-refractivity contribution in [3.8, 4) is 0 Å². The van der Waals surface area contributed by atoms with Crippen molar-refractivity contribution in [1.82, 2.24) is 0 Å². The fourth-order valence-electron chi connectivity index (χ4n) is 6.78. The van der Waals surface area contributed by atoms with Gasteiger partial charge in [0, 0.05) is 19.4 Å². The minimum absolute atomic E-state index is 0.0731. The number of hydrogen-bond donors (Lipinski definition) is 0. The van der Waals surface area contributed by atoms with E-state index in [4.69, 9.17) is 14.2 Å². The summed E-state index contributed by atoms with van der Waals surface area (Å²) in [5, 5.41) is 0. The van der Waals surface area contributed by atoms with Gasteiger partial charge in [-0.1, -0.05) is 197 Å². The highest BCUT2D eigenvalue weighted by Crippen LogP contribution is 2.13. The zero-order valence-electron chi connectivity index (χ0n) is 38.6. The van der Waals surface area contributed by atoms with Crippen LogP contribution in [0.4, 0.5) is 0 Å². The zero-order valence-corrected chi connectivity index (χ0v) is 38.6. The van der Waals surface area contributed by atoms with Crippen LogP contribution in [0.5, 0.6) is 0 Å². The van der Waals surface area contributed by atoms with Crippen LogP contribution in [0.3, 0.4) is 0 Å². The van der Waals surface area contributed by atoms with Gasteiger partial charge in [-0.25, -0.2) is 0 Å². The number of ether oxygens (including phenoxy) is 3. The van der Waals surface area contributed by atoms with E-state index >= 15 is 0 Å². The predicted octanol–water partition coefficient (Wildman–Crippen LogP) is 16.6. The Labute approximate surface area is 360 Å². The van der Waals surface area contributed by atoms with E-state index in [-0.39, 0.29) is 25.2 Å². The van der Waals surface area contributed by atoms with E-state index in [0.29, 0.717) is 19.4 Å². The molecule has 58 heavy (non-hydrogen) atoms. The molecule has 0 bridgehead atoms. The van der Waals surface area contributed by atoms with Crippen molar-refractivity contribution < 1.29 is 23.8 Å². The van der Waals surface area contributed by atoms with Gasteiger partial charge in [0.15, 0.2) is 6.10 Å². The molecule has 0 radical (unpaired) electrons. The Morgan fingerprint density at radius 1 is 0.379 bits per heavy atom. The largest absolute Gasteiger partial charge is 0.462 e. The molecule has 0 aromatic carbocycles. The molecule has 1 atom stereocenters.